The summed E-state index contributed by atoms with van der Waals surface area (Å²) >= 11 is 0. The third-order valence-corrected chi connectivity index (χ3v) is 3.56. The Morgan fingerprint density at radius 3 is 2.13 bits per heavy atom. The van der Waals surface area contributed by atoms with E-state index in [2.05, 4.69) is 47.6 Å². The van der Waals surface area contributed by atoms with Gasteiger partial charge in [0, 0.05) is 17.0 Å². The van der Waals surface area contributed by atoms with Crippen LogP contribution in [0.15, 0.2) is 16.6 Å². The van der Waals surface area contributed by atoms with Gasteiger partial charge in [0.25, 0.3) is 0 Å². The molecule has 0 N–H and O–H groups in total. The van der Waals surface area contributed by atoms with E-state index in [0.717, 1.165) is 5.92 Å². The lowest BCUT2D eigenvalue weighted by molar-refractivity contribution is 0.407. The molecule has 0 saturated carbocycles. The highest BCUT2D eigenvalue weighted by molar-refractivity contribution is 5.97. The minimum Gasteiger partial charge on any atom is -0.285 e. The van der Waals surface area contributed by atoms with Crippen LogP contribution >= 0.6 is 0 Å². The van der Waals surface area contributed by atoms with Crippen LogP contribution in [0.4, 0.5) is 0 Å². The Morgan fingerprint density at radius 1 is 1.07 bits per heavy atom. The lowest BCUT2D eigenvalue weighted by Gasteiger charge is -2.41. The number of nitrogens with zero attached hydrogens (tertiary/aromatic N) is 1. The van der Waals surface area contributed by atoms with Gasteiger partial charge in [-0.1, -0.05) is 47.6 Å². The van der Waals surface area contributed by atoms with Crippen LogP contribution in [0.25, 0.3) is 0 Å². The van der Waals surface area contributed by atoms with Crippen molar-refractivity contribution in [2.45, 2.75) is 54.0 Å². The molecule has 1 aliphatic carbocycles. The molecule has 2 rings (SSSR count). The maximum atomic E-state index is 4.85. The third kappa shape index (κ3) is 1.66. The predicted molar refractivity (Wildman–Crippen MR) is 66.3 cm³/mol. The highest BCUT2D eigenvalue weighted by Gasteiger charge is 2.46. The molecule has 0 saturated heterocycles. The molecule has 0 fully saturated rings. The fourth-order valence-corrected chi connectivity index (χ4v) is 2.80. The molecule has 15 heavy (non-hydrogen) atoms. The normalized spacial score (nSPS) is 30.5. The van der Waals surface area contributed by atoms with Crippen LogP contribution in [0.2, 0.25) is 0 Å². The lowest BCUT2D eigenvalue weighted by atomic mass is 9.71. The van der Waals surface area contributed by atoms with Gasteiger partial charge in [-0.15, -0.1) is 0 Å². The summed E-state index contributed by atoms with van der Waals surface area (Å²) < 4.78 is 0. The third-order valence-electron chi connectivity index (χ3n) is 3.56. The Morgan fingerprint density at radius 2 is 1.67 bits per heavy atom. The molecule has 0 aromatic rings. The fourth-order valence-electron chi connectivity index (χ4n) is 2.80. The van der Waals surface area contributed by atoms with Gasteiger partial charge >= 0.3 is 0 Å². The number of rotatable bonds is 0. The summed E-state index contributed by atoms with van der Waals surface area (Å²) in [5, 5.41) is 0. The van der Waals surface area contributed by atoms with Crippen molar-refractivity contribution in [1.29, 1.82) is 0 Å². The van der Waals surface area contributed by atoms with Crippen LogP contribution in [0.3, 0.4) is 0 Å². The van der Waals surface area contributed by atoms with E-state index < -0.39 is 0 Å². The number of aliphatic imine (C=N–C) groups is 1. The molecule has 2 unspecified atom stereocenters. The van der Waals surface area contributed by atoms with Gasteiger partial charge in [0.1, 0.15) is 0 Å². The average Bonchev–Trinajstić information content (AvgIpc) is 2.22. The Bertz CT molecular complexity index is 333. The maximum absolute atomic E-state index is 4.85. The number of fused-ring (bicyclic) bond motifs is 1. The van der Waals surface area contributed by atoms with Gasteiger partial charge in [-0.05, 0) is 17.4 Å². The molecule has 84 valence electrons. The molecule has 1 nitrogen and oxygen atoms in total. The van der Waals surface area contributed by atoms with Crippen molar-refractivity contribution < 1.29 is 0 Å². The van der Waals surface area contributed by atoms with E-state index in [9.17, 15) is 0 Å². The first kappa shape index (κ1) is 10.9. The van der Waals surface area contributed by atoms with Gasteiger partial charge in [-0.2, -0.15) is 0 Å². The molecule has 0 aromatic heterocycles. The van der Waals surface area contributed by atoms with Gasteiger partial charge in [0.2, 0.25) is 0 Å². The highest BCUT2D eigenvalue weighted by atomic mass is 14.9. The SMILES string of the molecule is CC(C)(C)C1=CCC2C(C(C)(C)C)=NC12. The molecular weight excluding hydrogens is 182 g/mol. The zero-order valence-corrected chi connectivity index (χ0v) is 10.9. The smallest absolute Gasteiger partial charge is 0.0797 e. The summed E-state index contributed by atoms with van der Waals surface area (Å²) in [6.45, 7) is 13.7. The highest BCUT2D eigenvalue weighted by Crippen LogP contribution is 2.47. The molecule has 0 bridgehead atoms. The molecule has 0 aromatic carbocycles. The fraction of sp³-hybridized carbons (Fsp3) is 0.786. The maximum Gasteiger partial charge on any atom is 0.0797 e. The summed E-state index contributed by atoms with van der Waals surface area (Å²) in [5.41, 5.74) is 3.55. The van der Waals surface area contributed by atoms with E-state index in [0.29, 0.717) is 11.5 Å². The van der Waals surface area contributed by atoms with Crippen molar-refractivity contribution in [2.75, 3.05) is 0 Å². The first-order valence-corrected chi connectivity index (χ1v) is 6.00. The first-order chi connectivity index (χ1) is 6.71. The van der Waals surface area contributed by atoms with Crippen LogP contribution in [-0.4, -0.2) is 11.8 Å². The molecule has 1 heterocycles. The number of hydrogen-bond donors (Lipinski definition) is 0. The van der Waals surface area contributed by atoms with E-state index in [1.54, 1.807) is 5.57 Å². The summed E-state index contributed by atoms with van der Waals surface area (Å²) in [6.07, 6.45) is 3.64. The first-order valence-electron chi connectivity index (χ1n) is 6.00. The monoisotopic (exact) mass is 205 g/mol. The largest absolute Gasteiger partial charge is 0.285 e. The molecule has 0 radical (unpaired) electrons. The second kappa shape index (κ2) is 2.96. The molecule has 2 aliphatic rings. The molecule has 0 spiro atoms. The standard InChI is InChI=1S/C14H23N/c1-13(2,3)10-8-7-9-11(10)15-12(9)14(4,5)6/h8-9,11H,7H2,1-6H3. The summed E-state index contributed by atoms with van der Waals surface area (Å²) in [5.74, 6) is 0.722. The van der Waals surface area contributed by atoms with Crippen LogP contribution < -0.4 is 0 Å². The lowest BCUT2D eigenvalue weighted by Crippen LogP contribution is -2.44. The topological polar surface area (TPSA) is 12.4 Å². The van der Waals surface area contributed by atoms with Crippen LogP contribution in [-0.2, 0) is 0 Å². The number of hydrogen-bond acceptors (Lipinski definition) is 1. The minimum absolute atomic E-state index is 0.266. The van der Waals surface area contributed by atoms with E-state index in [4.69, 9.17) is 4.99 Å². The minimum atomic E-state index is 0.266. The molecular formula is C14H23N. The van der Waals surface area contributed by atoms with Gasteiger partial charge in [-0.25, -0.2) is 0 Å². The van der Waals surface area contributed by atoms with E-state index >= 15 is 0 Å². The Hall–Kier alpha value is -0.590. The zero-order chi connectivity index (χ0) is 11.4. The van der Waals surface area contributed by atoms with Crippen LogP contribution in [0.5, 0.6) is 0 Å². The van der Waals surface area contributed by atoms with Crippen LogP contribution in [0.1, 0.15) is 48.0 Å². The van der Waals surface area contributed by atoms with Crippen molar-refractivity contribution in [2.24, 2.45) is 21.7 Å². The van der Waals surface area contributed by atoms with Gasteiger partial charge in [-0.3, -0.25) is 4.99 Å². The van der Waals surface area contributed by atoms with E-state index in [1.165, 1.54) is 12.1 Å². The van der Waals surface area contributed by atoms with Crippen molar-refractivity contribution in [3.8, 4) is 0 Å². The van der Waals surface area contributed by atoms with Crippen molar-refractivity contribution in [3.63, 3.8) is 0 Å². The molecule has 1 heteroatoms. The summed E-state index contributed by atoms with van der Waals surface area (Å²) in [7, 11) is 0. The molecule has 1 aliphatic heterocycles. The second-order valence-electron chi connectivity index (χ2n) is 6.96. The van der Waals surface area contributed by atoms with E-state index in [-0.39, 0.29) is 5.41 Å². The van der Waals surface area contributed by atoms with Crippen molar-refractivity contribution in [3.05, 3.63) is 11.6 Å². The summed E-state index contributed by atoms with van der Waals surface area (Å²) in [6, 6.07) is 0.513. The van der Waals surface area contributed by atoms with Gasteiger partial charge < -0.3 is 0 Å². The molecule has 2 atom stereocenters. The Labute approximate surface area is 93.7 Å². The van der Waals surface area contributed by atoms with Crippen molar-refractivity contribution >= 4 is 5.71 Å². The Kier molecular flexibility index (Phi) is 2.15. The van der Waals surface area contributed by atoms with Gasteiger partial charge in [0.05, 0.1) is 6.04 Å². The zero-order valence-electron chi connectivity index (χ0n) is 10.9. The predicted octanol–water partition coefficient (Wildman–Crippen LogP) is 3.85. The number of allylic oxidation sites excluding steroid dienone is 1. The summed E-state index contributed by atoms with van der Waals surface area (Å²) in [4.78, 5) is 4.85. The van der Waals surface area contributed by atoms with Crippen molar-refractivity contribution in [1.82, 2.24) is 0 Å². The van der Waals surface area contributed by atoms with E-state index in [1.807, 2.05) is 0 Å². The Balaban J connectivity index is 2.20. The van der Waals surface area contributed by atoms with Gasteiger partial charge in [0.15, 0.2) is 0 Å². The second-order valence-corrected chi connectivity index (χ2v) is 6.96. The molecule has 0 amide bonds. The van der Waals surface area contributed by atoms with Crippen LogP contribution in [0, 0.1) is 16.7 Å². The quantitative estimate of drug-likeness (QED) is 0.533. The average molecular weight is 205 g/mol.